The van der Waals surface area contributed by atoms with E-state index in [0.717, 1.165) is 38.1 Å². The Morgan fingerprint density at radius 2 is 2.00 bits per heavy atom. The predicted molar refractivity (Wildman–Crippen MR) is 93.8 cm³/mol. The van der Waals surface area contributed by atoms with E-state index in [0.29, 0.717) is 31.0 Å². The highest BCUT2D eigenvalue weighted by atomic mass is 16.5. The van der Waals surface area contributed by atoms with Crippen LogP contribution in [0.5, 0.6) is 0 Å². The number of aromatic nitrogens is 1. The molecule has 1 aromatic heterocycles. The quantitative estimate of drug-likeness (QED) is 0.796. The molecule has 4 rings (SSSR count). The molecule has 1 aromatic rings. The van der Waals surface area contributed by atoms with E-state index in [1.54, 1.807) is 12.4 Å². The Morgan fingerprint density at radius 1 is 1.24 bits per heavy atom. The van der Waals surface area contributed by atoms with Crippen molar-refractivity contribution >= 4 is 5.91 Å². The smallest absolute Gasteiger partial charge is 0.223 e. The number of rotatable bonds is 6. The second-order valence-electron chi connectivity index (χ2n) is 7.87. The minimum absolute atomic E-state index is 0.149. The topological polar surface area (TPSA) is 51.7 Å². The van der Waals surface area contributed by atoms with Crippen LogP contribution in [-0.4, -0.2) is 47.7 Å². The Labute approximate surface area is 149 Å². The Balaban J connectivity index is 1.24. The van der Waals surface area contributed by atoms with Gasteiger partial charge in [0.15, 0.2) is 0 Å². The van der Waals surface area contributed by atoms with Gasteiger partial charge in [-0.25, -0.2) is 0 Å². The third kappa shape index (κ3) is 3.72. The lowest BCUT2D eigenvalue weighted by molar-refractivity contribution is -0.169. The molecule has 25 heavy (non-hydrogen) atoms. The first-order chi connectivity index (χ1) is 12.3. The zero-order valence-electron chi connectivity index (χ0n) is 14.9. The fraction of sp³-hybridized carbons (Fsp3) is 0.700. The number of amides is 1. The van der Waals surface area contributed by atoms with Crippen molar-refractivity contribution in [2.45, 2.75) is 50.7 Å². The van der Waals surface area contributed by atoms with Crippen molar-refractivity contribution < 1.29 is 14.3 Å². The summed E-state index contributed by atoms with van der Waals surface area (Å²) in [4.78, 5) is 18.5. The minimum Gasteiger partial charge on any atom is -0.376 e. The van der Waals surface area contributed by atoms with Gasteiger partial charge in [0.1, 0.15) is 5.60 Å². The SMILES string of the molecule is O=C(CC1CCCC1)N1CC2(C1)OCC[C@@H]2COCc1ccncc1. The van der Waals surface area contributed by atoms with E-state index >= 15 is 0 Å². The molecule has 1 amide bonds. The van der Waals surface area contributed by atoms with E-state index in [2.05, 4.69) is 4.98 Å². The molecule has 0 radical (unpaired) electrons. The maximum atomic E-state index is 12.5. The van der Waals surface area contributed by atoms with Crippen LogP contribution in [0.1, 0.15) is 44.1 Å². The first-order valence-corrected chi connectivity index (χ1v) is 9.63. The van der Waals surface area contributed by atoms with Crippen LogP contribution in [0.3, 0.4) is 0 Å². The molecule has 5 nitrogen and oxygen atoms in total. The normalized spacial score (nSPS) is 25.4. The predicted octanol–water partition coefficient (Wildman–Crippen LogP) is 2.80. The van der Waals surface area contributed by atoms with Crippen LogP contribution in [0.25, 0.3) is 0 Å². The van der Waals surface area contributed by atoms with Crippen molar-refractivity contribution in [1.29, 1.82) is 0 Å². The third-order valence-electron chi connectivity index (χ3n) is 6.14. The minimum atomic E-state index is -0.149. The zero-order valence-corrected chi connectivity index (χ0v) is 14.9. The van der Waals surface area contributed by atoms with Gasteiger partial charge in [0.25, 0.3) is 0 Å². The number of hydrogen-bond acceptors (Lipinski definition) is 4. The number of hydrogen-bond donors (Lipinski definition) is 0. The van der Waals surface area contributed by atoms with E-state index < -0.39 is 0 Å². The highest BCUT2D eigenvalue weighted by Crippen LogP contribution is 2.41. The highest BCUT2D eigenvalue weighted by Gasteiger charge is 2.54. The molecule has 2 saturated heterocycles. The summed E-state index contributed by atoms with van der Waals surface area (Å²) in [5.41, 5.74) is 0.994. The Hall–Kier alpha value is -1.46. The molecule has 1 aliphatic carbocycles. The second-order valence-corrected chi connectivity index (χ2v) is 7.87. The Kier molecular flexibility index (Phi) is 5.04. The monoisotopic (exact) mass is 344 g/mol. The van der Waals surface area contributed by atoms with E-state index in [1.807, 2.05) is 17.0 Å². The van der Waals surface area contributed by atoms with Gasteiger partial charge in [0.2, 0.25) is 5.91 Å². The fourth-order valence-electron chi connectivity index (χ4n) is 4.53. The van der Waals surface area contributed by atoms with Crippen molar-refractivity contribution in [1.82, 2.24) is 9.88 Å². The van der Waals surface area contributed by atoms with Gasteiger partial charge in [-0.3, -0.25) is 9.78 Å². The molecular formula is C20H28N2O3. The molecule has 1 saturated carbocycles. The van der Waals surface area contributed by atoms with Crippen LogP contribution in [0.4, 0.5) is 0 Å². The average molecular weight is 344 g/mol. The summed E-state index contributed by atoms with van der Waals surface area (Å²) in [5, 5.41) is 0. The van der Waals surface area contributed by atoms with Crippen LogP contribution < -0.4 is 0 Å². The summed E-state index contributed by atoms with van der Waals surface area (Å²) in [6, 6.07) is 3.96. The summed E-state index contributed by atoms with van der Waals surface area (Å²) in [7, 11) is 0. The van der Waals surface area contributed by atoms with Gasteiger partial charge in [0.05, 0.1) is 26.3 Å². The van der Waals surface area contributed by atoms with Gasteiger partial charge in [-0.2, -0.15) is 0 Å². The Bertz CT molecular complexity index is 580. The van der Waals surface area contributed by atoms with E-state index in [-0.39, 0.29) is 5.60 Å². The lowest BCUT2D eigenvalue weighted by atomic mass is 9.81. The van der Waals surface area contributed by atoms with Gasteiger partial charge in [-0.15, -0.1) is 0 Å². The van der Waals surface area contributed by atoms with Gasteiger partial charge < -0.3 is 14.4 Å². The van der Waals surface area contributed by atoms with Gasteiger partial charge in [-0.05, 0) is 42.9 Å². The highest BCUT2D eigenvalue weighted by molar-refractivity contribution is 5.77. The molecule has 0 unspecified atom stereocenters. The number of nitrogens with zero attached hydrogens (tertiary/aromatic N) is 2. The number of pyridine rings is 1. The molecule has 0 N–H and O–H groups in total. The molecular weight excluding hydrogens is 316 g/mol. The molecule has 136 valence electrons. The van der Waals surface area contributed by atoms with Crippen molar-refractivity contribution in [3.8, 4) is 0 Å². The fourth-order valence-corrected chi connectivity index (χ4v) is 4.53. The lowest BCUT2D eigenvalue weighted by Gasteiger charge is -2.50. The van der Waals surface area contributed by atoms with Crippen LogP contribution in [0.15, 0.2) is 24.5 Å². The van der Waals surface area contributed by atoms with Crippen LogP contribution in [-0.2, 0) is 20.9 Å². The van der Waals surface area contributed by atoms with E-state index in [4.69, 9.17) is 9.47 Å². The molecule has 1 atom stereocenters. The standard InChI is InChI=1S/C20H28N2O3/c23-19(11-16-3-1-2-4-16)22-14-20(15-22)18(7-10-25-20)13-24-12-17-5-8-21-9-6-17/h5-6,8-9,16,18H,1-4,7,10-15H2/t18-/m1/s1. The average Bonchev–Trinajstić information content (AvgIpc) is 3.24. The first-order valence-electron chi connectivity index (χ1n) is 9.63. The lowest BCUT2D eigenvalue weighted by Crippen LogP contribution is -2.66. The zero-order chi connectivity index (χ0) is 17.1. The number of ether oxygens (including phenoxy) is 2. The van der Waals surface area contributed by atoms with Crippen LogP contribution >= 0.6 is 0 Å². The molecule has 5 heteroatoms. The van der Waals surface area contributed by atoms with Gasteiger partial charge >= 0.3 is 0 Å². The van der Waals surface area contributed by atoms with E-state index in [9.17, 15) is 4.79 Å². The summed E-state index contributed by atoms with van der Waals surface area (Å²) in [6.45, 7) is 3.60. The maximum Gasteiger partial charge on any atom is 0.223 e. The summed E-state index contributed by atoms with van der Waals surface area (Å²) < 4.78 is 12.0. The molecule has 3 heterocycles. The van der Waals surface area contributed by atoms with Crippen molar-refractivity contribution in [2.75, 3.05) is 26.3 Å². The molecule has 1 spiro atoms. The number of carbonyl (C=O) groups is 1. The Morgan fingerprint density at radius 3 is 2.76 bits per heavy atom. The number of carbonyl (C=O) groups excluding carboxylic acids is 1. The second kappa shape index (κ2) is 7.42. The van der Waals surface area contributed by atoms with Crippen molar-refractivity contribution in [3.63, 3.8) is 0 Å². The van der Waals surface area contributed by atoms with Crippen molar-refractivity contribution in [3.05, 3.63) is 30.1 Å². The summed E-state index contributed by atoms with van der Waals surface area (Å²) in [5.74, 6) is 1.34. The summed E-state index contributed by atoms with van der Waals surface area (Å²) >= 11 is 0. The molecule has 0 aromatic carbocycles. The van der Waals surface area contributed by atoms with Crippen LogP contribution in [0, 0.1) is 11.8 Å². The first kappa shape index (κ1) is 17.0. The largest absolute Gasteiger partial charge is 0.376 e. The van der Waals surface area contributed by atoms with Gasteiger partial charge in [-0.1, -0.05) is 12.8 Å². The van der Waals surface area contributed by atoms with Crippen LogP contribution in [0.2, 0.25) is 0 Å². The third-order valence-corrected chi connectivity index (χ3v) is 6.14. The van der Waals surface area contributed by atoms with Crippen molar-refractivity contribution in [2.24, 2.45) is 11.8 Å². The molecule has 0 bridgehead atoms. The summed E-state index contributed by atoms with van der Waals surface area (Å²) in [6.07, 6.45) is 10.4. The van der Waals surface area contributed by atoms with Gasteiger partial charge in [0, 0.05) is 31.3 Å². The molecule has 2 aliphatic heterocycles. The van der Waals surface area contributed by atoms with E-state index in [1.165, 1.54) is 25.7 Å². The number of likely N-dealkylation sites (tertiary alicyclic amines) is 1. The maximum absolute atomic E-state index is 12.5. The molecule has 3 fully saturated rings. The molecule has 3 aliphatic rings.